The van der Waals surface area contributed by atoms with Gasteiger partial charge in [-0.05, 0) is 39.9 Å². The van der Waals surface area contributed by atoms with Crippen LogP contribution in [0.3, 0.4) is 0 Å². The van der Waals surface area contributed by atoms with E-state index in [0.29, 0.717) is 6.54 Å². The first kappa shape index (κ1) is 16.0. The molecule has 110 valence electrons. The van der Waals surface area contributed by atoms with Gasteiger partial charge in [0.05, 0.1) is 13.5 Å². The van der Waals surface area contributed by atoms with E-state index >= 15 is 0 Å². The van der Waals surface area contributed by atoms with E-state index in [9.17, 15) is 9.59 Å². The summed E-state index contributed by atoms with van der Waals surface area (Å²) in [5.41, 5.74) is 0. The Labute approximate surface area is 115 Å². The van der Waals surface area contributed by atoms with Crippen LogP contribution in [0.1, 0.15) is 32.1 Å². The molecule has 0 aromatic rings. The molecule has 0 radical (unpaired) electrons. The van der Waals surface area contributed by atoms with Gasteiger partial charge < -0.3 is 14.5 Å². The summed E-state index contributed by atoms with van der Waals surface area (Å²) in [5.74, 6) is 0.157. The highest BCUT2D eigenvalue weighted by molar-refractivity contribution is 5.80. The van der Waals surface area contributed by atoms with Gasteiger partial charge in [-0.15, -0.1) is 0 Å². The van der Waals surface area contributed by atoms with Crippen molar-refractivity contribution in [3.05, 3.63) is 0 Å². The highest BCUT2D eigenvalue weighted by Gasteiger charge is 2.29. The van der Waals surface area contributed by atoms with Crippen LogP contribution in [-0.4, -0.2) is 62.5 Å². The molecule has 0 atom stereocenters. The second-order valence-corrected chi connectivity index (χ2v) is 5.44. The van der Waals surface area contributed by atoms with E-state index in [1.165, 1.54) is 7.11 Å². The van der Waals surface area contributed by atoms with Crippen LogP contribution in [0.5, 0.6) is 0 Å². The smallest absolute Gasteiger partial charge is 0.307 e. The molecule has 0 aromatic heterocycles. The molecule has 1 rings (SSSR count). The van der Waals surface area contributed by atoms with Gasteiger partial charge in [0.25, 0.3) is 0 Å². The fourth-order valence-electron chi connectivity index (χ4n) is 2.15. The Bertz CT molecular complexity index is 301. The second kappa shape index (κ2) is 8.15. The van der Waals surface area contributed by atoms with E-state index in [2.05, 4.69) is 9.64 Å². The Morgan fingerprint density at radius 2 is 1.84 bits per heavy atom. The third-order valence-electron chi connectivity index (χ3n) is 3.61. The van der Waals surface area contributed by atoms with E-state index in [-0.39, 0.29) is 24.2 Å². The molecule has 0 spiro atoms. The molecule has 0 unspecified atom stereocenters. The van der Waals surface area contributed by atoms with Gasteiger partial charge in [-0.2, -0.15) is 0 Å². The molecule has 1 saturated carbocycles. The maximum atomic E-state index is 12.3. The lowest BCUT2D eigenvalue weighted by Crippen LogP contribution is -2.41. The van der Waals surface area contributed by atoms with Gasteiger partial charge in [-0.3, -0.25) is 9.59 Å². The number of hydrogen-bond donors (Lipinski definition) is 0. The van der Waals surface area contributed by atoms with Gasteiger partial charge in [-0.1, -0.05) is 6.42 Å². The Hall–Kier alpha value is -1.10. The van der Waals surface area contributed by atoms with Crippen LogP contribution in [0.4, 0.5) is 0 Å². The fraction of sp³-hybridized carbons (Fsp3) is 0.857. The maximum Gasteiger partial charge on any atom is 0.307 e. The van der Waals surface area contributed by atoms with Crippen molar-refractivity contribution < 1.29 is 14.3 Å². The van der Waals surface area contributed by atoms with E-state index in [4.69, 9.17) is 0 Å². The van der Waals surface area contributed by atoms with Gasteiger partial charge in [0.1, 0.15) is 0 Å². The standard InChI is InChI=1S/C14H26N2O3/c1-15(2)9-5-10-16(11-8-13(17)19-3)14(18)12-6-4-7-12/h12H,4-11H2,1-3H3. The summed E-state index contributed by atoms with van der Waals surface area (Å²) in [6.45, 7) is 2.16. The molecule has 5 heteroatoms. The summed E-state index contributed by atoms with van der Waals surface area (Å²) in [7, 11) is 5.42. The van der Waals surface area contributed by atoms with Gasteiger partial charge >= 0.3 is 5.97 Å². The number of carbonyl (C=O) groups is 2. The number of hydrogen-bond acceptors (Lipinski definition) is 4. The topological polar surface area (TPSA) is 49.9 Å². The van der Waals surface area contributed by atoms with Crippen molar-refractivity contribution in [1.82, 2.24) is 9.80 Å². The molecular weight excluding hydrogens is 244 g/mol. The fourth-order valence-corrected chi connectivity index (χ4v) is 2.15. The predicted octanol–water partition coefficient (Wildman–Crippen LogP) is 1.13. The maximum absolute atomic E-state index is 12.3. The first-order chi connectivity index (χ1) is 9.04. The van der Waals surface area contributed by atoms with E-state index < -0.39 is 0 Å². The number of amides is 1. The van der Waals surface area contributed by atoms with Crippen LogP contribution in [0.15, 0.2) is 0 Å². The molecule has 0 bridgehead atoms. The minimum absolute atomic E-state index is 0.192. The van der Waals surface area contributed by atoms with Crippen molar-refractivity contribution in [3.63, 3.8) is 0 Å². The van der Waals surface area contributed by atoms with Crippen LogP contribution < -0.4 is 0 Å². The Balaban J connectivity index is 2.41. The molecule has 1 amide bonds. The van der Waals surface area contributed by atoms with E-state index in [1.54, 1.807) is 0 Å². The highest BCUT2D eigenvalue weighted by atomic mass is 16.5. The molecule has 1 fully saturated rings. The molecule has 0 N–H and O–H groups in total. The number of ether oxygens (including phenoxy) is 1. The number of esters is 1. The zero-order valence-electron chi connectivity index (χ0n) is 12.4. The molecular formula is C14H26N2O3. The first-order valence-corrected chi connectivity index (χ1v) is 7.05. The van der Waals surface area contributed by atoms with Crippen LogP contribution in [-0.2, 0) is 14.3 Å². The molecule has 5 nitrogen and oxygen atoms in total. The monoisotopic (exact) mass is 270 g/mol. The van der Waals surface area contributed by atoms with Crippen molar-refractivity contribution in [2.45, 2.75) is 32.1 Å². The summed E-state index contributed by atoms with van der Waals surface area (Å²) in [6, 6.07) is 0. The summed E-state index contributed by atoms with van der Waals surface area (Å²) in [4.78, 5) is 27.4. The average molecular weight is 270 g/mol. The van der Waals surface area contributed by atoms with Crippen molar-refractivity contribution in [2.24, 2.45) is 5.92 Å². The van der Waals surface area contributed by atoms with Crippen molar-refractivity contribution >= 4 is 11.9 Å². The lowest BCUT2D eigenvalue weighted by Gasteiger charge is -2.31. The number of carbonyl (C=O) groups excluding carboxylic acids is 2. The Morgan fingerprint density at radius 1 is 1.16 bits per heavy atom. The SMILES string of the molecule is COC(=O)CCN(CCCN(C)C)C(=O)C1CCC1. The zero-order valence-corrected chi connectivity index (χ0v) is 12.4. The van der Waals surface area contributed by atoms with Gasteiger partial charge in [0, 0.05) is 19.0 Å². The van der Waals surface area contributed by atoms with Crippen LogP contribution in [0.25, 0.3) is 0 Å². The summed E-state index contributed by atoms with van der Waals surface area (Å²) in [6.07, 6.45) is 4.38. The Kier molecular flexibility index (Phi) is 6.84. The van der Waals surface area contributed by atoms with Crippen LogP contribution in [0, 0.1) is 5.92 Å². The van der Waals surface area contributed by atoms with Crippen molar-refractivity contribution in [1.29, 1.82) is 0 Å². The van der Waals surface area contributed by atoms with Gasteiger partial charge in [0.15, 0.2) is 0 Å². The first-order valence-electron chi connectivity index (χ1n) is 7.05. The highest BCUT2D eigenvalue weighted by Crippen LogP contribution is 2.28. The molecule has 0 aliphatic heterocycles. The van der Waals surface area contributed by atoms with E-state index in [0.717, 1.165) is 38.8 Å². The largest absolute Gasteiger partial charge is 0.469 e. The molecule has 1 aliphatic rings. The lowest BCUT2D eigenvalue weighted by atomic mass is 9.84. The van der Waals surface area contributed by atoms with Crippen molar-refractivity contribution in [3.8, 4) is 0 Å². The quantitative estimate of drug-likeness (QED) is 0.620. The Morgan fingerprint density at radius 3 is 2.32 bits per heavy atom. The third kappa shape index (κ3) is 5.59. The molecule has 1 aliphatic carbocycles. The molecule has 0 saturated heterocycles. The summed E-state index contributed by atoms with van der Waals surface area (Å²) in [5, 5.41) is 0. The molecule has 0 heterocycles. The number of nitrogens with zero attached hydrogens (tertiary/aromatic N) is 2. The average Bonchev–Trinajstić information content (AvgIpc) is 2.30. The van der Waals surface area contributed by atoms with Gasteiger partial charge in [0.2, 0.25) is 5.91 Å². The predicted molar refractivity (Wildman–Crippen MR) is 73.7 cm³/mol. The normalized spacial score (nSPS) is 15.2. The van der Waals surface area contributed by atoms with Gasteiger partial charge in [-0.25, -0.2) is 0 Å². The van der Waals surface area contributed by atoms with Crippen molar-refractivity contribution in [2.75, 3.05) is 40.8 Å². The zero-order chi connectivity index (χ0) is 14.3. The number of methoxy groups -OCH3 is 1. The summed E-state index contributed by atoms with van der Waals surface area (Å²) < 4.78 is 4.64. The molecule has 19 heavy (non-hydrogen) atoms. The van der Waals surface area contributed by atoms with E-state index in [1.807, 2.05) is 19.0 Å². The van der Waals surface area contributed by atoms with Crippen LogP contribution >= 0.6 is 0 Å². The minimum Gasteiger partial charge on any atom is -0.469 e. The molecule has 0 aromatic carbocycles. The lowest BCUT2D eigenvalue weighted by molar-refractivity contribution is -0.143. The van der Waals surface area contributed by atoms with Crippen LogP contribution in [0.2, 0.25) is 0 Å². The summed E-state index contributed by atoms with van der Waals surface area (Å²) >= 11 is 0. The number of rotatable bonds is 8. The minimum atomic E-state index is -0.251. The second-order valence-electron chi connectivity index (χ2n) is 5.44. The third-order valence-corrected chi connectivity index (χ3v) is 3.61.